The summed E-state index contributed by atoms with van der Waals surface area (Å²) in [7, 11) is 1.75. The quantitative estimate of drug-likeness (QED) is 0.920. The molecule has 1 saturated heterocycles. The molecule has 1 aromatic heterocycles. The Labute approximate surface area is 110 Å². The van der Waals surface area contributed by atoms with Crippen molar-refractivity contribution >= 4 is 28.1 Å². The number of anilines is 1. The number of halogens is 1. The molecule has 4 nitrogen and oxygen atoms in total. The van der Waals surface area contributed by atoms with Crippen LogP contribution in [0.1, 0.15) is 24.6 Å². The van der Waals surface area contributed by atoms with Crippen LogP contribution in [-0.2, 0) is 11.3 Å². The van der Waals surface area contributed by atoms with E-state index in [0.29, 0.717) is 5.15 Å². The molecule has 0 spiro atoms. The molecule has 0 saturated carbocycles. The van der Waals surface area contributed by atoms with Crippen LogP contribution < -0.4 is 4.90 Å². The molecule has 1 aromatic rings. The Morgan fingerprint density at radius 2 is 2.41 bits per heavy atom. The van der Waals surface area contributed by atoms with E-state index in [0.717, 1.165) is 35.9 Å². The maximum absolute atomic E-state index is 9.12. The third-order valence-electron chi connectivity index (χ3n) is 3.20. The summed E-state index contributed by atoms with van der Waals surface area (Å²) in [5.74, 6) is 0. The SMILES string of the molecule is COC1(C)CCCN(c2nc(Cl)c(CO)s2)C1. The molecule has 0 bridgehead atoms. The third-order valence-corrected chi connectivity index (χ3v) is 4.73. The number of aliphatic hydroxyl groups excluding tert-OH is 1. The van der Waals surface area contributed by atoms with Crippen molar-refractivity contribution in [3.05, 3.63) is 10.0 Å². The predicted octanol–water partition coefficient (Wildman–Crippen LogP) is 2.29. The fourth-order valence-corrected chi connectivity index (χ4v) is 3.23. The largest absolute Gasteiger partial charge is 0.391 e. The lowest BCUT2D eigenvalue weighted by Crippen LogP contribution is -2.47. The molecule has 1 N–H and O–H groups in total. The highest BCUT2D eigenvalue weighted by Gasteiger charge is 2.32. The number of thiazole rings is 1. The fourth-order valence-electron chi connectivity index (χ4n) is 2.09. The van der Waals surface area contributed by atoms with Gasteiger partial charge >= 0.3 is 0 Å². The molecule has 1 aliphatic rings. The Balaban J connectivity index is 2.16. The zero-order chi connectivity index (χ0) is 12.5. The number of nitrogens with zero attached hydrogens (tertiary/aromatic N) is 2. The summed E-state index contributed by atoms with van der Waals surface area (Å²) in [4.78, 5) is 7.21. The van der Waals surface area contributed by atoms with E-state index in [1.807, 2.05) is 0 Å². The molecule has 0 radical (unpaired) electrons. The number of ether oxygens (including phenoxy) is 1. The Kier molecular flexibility index (Phi) is 3.92. The van der Waals surface area contributed by atoms with E-state index in [-0.39, 0.29) is 12.2 Å². The Bertz CT molecular complexity index is 399. The molecule has 1 unspecified atom stereocenters. The van der Waals surface area contributed by atoms with Crippen LogP contribution in [0.25, 0.3) is 0 Å². The van der Waals surface area contributed by atoms with E-state index in [2.05, 4.69) is 16.8 Å². The van der Waals surface area contributed by atoms with Crippen LogP contribution in [-0.4, -0.2) is 35.9 Å². The minimum absolute atomic E-state index is 0.0497. The molecule has 1 atom stereocenters. The maximum Gasteiger partial charge on any atom is 0.187 e. The van der Waals surface area contributed by atoms with Crippen molar-refractivity contribution in [2.45, 2.75) is 32.0 Å². The van der Waals surface area contributed by atoms with Gasteiger partial charge in [0.2, 0.25) is 0 Å². The van der Waals surface area contributed by atoms with Crippen LogP contribution in [0, 0.1) is 0 Å². The van der Waals surface area contributed by atoms with E-state index < -0.39 is 0 Å². The molecule has 96 valence electrons. The summed E-state index contributed by atoms with van der Waals surface area (Å²) in [6.07, 6.45) is 2.14. The Morgan fingerprint density at radius 3 is 3.00 bits per heavy atom. The number of piperidine rings is 1. The second-order valence-electron chi connectivity index (χ2n) is 4.55. The number of methoxy groups -OCH3 is 1. The van der Waals surface area contributed by atoms with E-state index in [9.17, 15) is 0 Å². The molecule has 6 heteroatoms. The van der Waals surface area contributed by atoms with Gasteiger partial charge in [0.1, 0.15) is 5.15 Å². The summed E-state index contributed by atoms with van der Waals surface area (Å²) in [5.41, 5.74) is -0.115. The highest BCUT2D eigenvalue weighted by atomic mass is 35.5. The van der Waals surface area contributed by atoms with Crippen LogP contribution >= 0.6 is 22.9 Å². The lowest BCUT2D eigenvalue weighted by Gasteiger charge is -2.39. The predicted molar refractivity (Wildman–Crippen MR) is 69.9 cm³/mol. The van der Waals surface area contributed by atoms with Gasteiger partial charge in [-0.05, 0) is 19.8 Å². The molecule has 2 rings (SSSR count). The van der Waals surface area contributed by atoms with Crippen LogP contribution in [0.4, 0.5) is 5.13 Å². The van der Waals surface area contributed by atoms with Crippen molar-refractivity contribution in [1.82, 2.24) is 4.98 Å². The van der Waals surface area contributed by atoms with Gasteiger partial charge in [-0.3, -0.25) is 0 Å². The molecule has 1 fully saturated rings. The first kappa shape index (κ1) is 13.1. The molecular formula is C11H17ClN2O2S. The van der Waals surface area contributed by atoms with Crippen molar-refractivity contribution in [1.29, 1.82) is 0 Å². The third kappa shape index (κ3) is 2.73. The molecule has 2 heterocycles. The van der Waals surface area contributed by atoms with Crippen LogP contribution in [0.2, 0.25) is 5.15 Å². The Hall–Kier alpha value is -0.360. The second-order valence-corrected chi connectivity index (χ2v) is 5.97. The smallest absolute Gasteiger partial charge is 0.187 e. The van der Waals surface area contributed by atoms with Gasteiger partial charge in [0, 0.05) is 20.2 Å². The van der Waals surface area contributed by atoms with Crippen molar-refractivity contribution in [3.8, 4) is 0 Å². The van der Waals surface area contributed by atoms with Gasteiger partial charge in [-0.25, -0.2) is 4.98 Å². The van der Waals surface area contributed by atoms with Crippen molar-refractivity contribution in [3.63, 3.8) is 0 Å². The summed E-state index contributed by atoms with van der Waals surface area (Å²) in [5, 5.41) is 10.4. The maximum atomic E-state index is 9.12. The van der Waals surface area contributed by atoms with Gasteiger partial charge in [-0.15, -0.1) is 0 Å². The fraction of sp³-hybridized carbons (Fsp3) is 0.727. The lowest BCUT2D eigenvalue weighted by molar-refractivity contribution is -0.00466. The zero-order valence-electron chi connectivity index (χ0n) is 10.1. The zero-order valence-corrected chi connectivity index (χ0v) is 11.6. The summed E-state index contributed by atoms with van der Waals surface area (Å²) < 4.78 is 5.55. The average Bonchev–Trinajstić information content (AvgIpc) is 2.71. The highest BCUT2D eigenvalue weighted by Crippen LogP contribution is 2.33. The molecular weight excluding hydrogens is 260 g/mol. The van der Waals surface area contributed by atoms with E-state index in [4.69, 9.17) is 21.4 Å². The van der Waals surface area contributed by atoms with Crippen LogP contribution in [0.5, 0.6) is 0 Å². The second kappa shape index (κ2) is 5.10. The van der Waals surface area contributed by atoms with Crippen molar-refractivity contribution in [2.24, 2.45) is 0 Å². The number of aliphatic hydroxyl groups is 1. The minimum atomic E-state index is -0.115. The lowest BCUT2D eigenvalue weighted by atomic mass is 9.95. The van der Waals surface area contributed by atoms with Crippen molar-refractivity contribution < 1.29 is 9.84 Å². The first-order valence-electron chi connectivity index (χ1n) is 5.64. The van der Waals surface area contributed by atoms with E-state index in [1.54, 1.807) is 7.11 Å². The minimum Gasteiger partial charge on any atom is -0.391 e. The topological polar surface area (TPSA) is 45.6 Å². The van der Waals surface area contributed by atoms with Gasteiger partial charge in [0.15, 0.2) is 5.13 Å². The van der Waals surface area contributed by atoms with Gasteiger partial charge in [-0.1, -0.05) is 22.9 Å². The van der Waals surface area contributed by atoms with Crippen molar-refractivity contribution in [2.75, 3.05) is 25.1 Å². The highest BCUT2D eigenvalue weighted by molar-refractivity contribution is 7.16. The normalized spacial score (nSPS) is 25.3. The van der Waals surface area contributed by atoms with Gasteiger partial charge in [-0.2, -0.15) is 0 Å². The molecule has 17 heavy (non-hydrogen) atoms. The molecule has 0 aliphatic carbocycles. The van der Waals surface area contributed by atoms with Gasteiger partial charge in [0.05, 0.1) is 17.1 Å². The van der Waals surface area contributed by atoms with E-state index in [1.165, 1.54) is 11.3 Å². The van der Waals surface area contributed by atoms with Crippen LogP contribution in [0.15, 0.2) is 0 Å². The molecule has 1 aliphatic heterocycles. The summed E-state index contributed by atoms with van der Waals surface area (Å²) in [6, 6.07) is 0. The molecule has 0 amide bonds. The van der Waals surface area contributed by atoms with Gasteiger partial charge < -0.3 is 14.7 Å². The van der Waals surface area contributed by atoms with Crippen LogP contribution in [0.3, 0.4) is 0 Å². The first-order chi connectivity index (χ1) is 8.08. The summed E-state index contributed by atoms with van der Waals surface area (Å²) >= 11 is 7.41. The van der Waals surface area contributed by atoms with Gasteiger partial charge in [0.25, 0.3) is 0 Å². The number of rotatable bonds is 3. The first-order valence-corrected chi connectivity index (χ1v) is 6.83. The number of hydrogen-bond donors (Lipinski definition) is 1. The number of hydrogen-bond acceptors (Lipinski definition) is 5. The summed E-state index contributed by atoms with van der Waals surface area (Å²) in [6.45, 7) is 3.85. The average molecular weight is 277 g/mol. The Morgan fingerprint density at radius 1 is 1.65 bits per heavy atom. The standard InChI is InChI=1S/C11H17ClN2O2S/c1-11(16-2)4-3-5-14(7-11)10-13-9(12)8(6-15)17-10/h15H,3-7H2,1-2H3. The number of aromatic nitrogens is 1. The van der Waals surface area contributed by atoms with E-state index >= 15 is 0 Å². The molecule has 0 aromatic carbocycles. The monoisotopic (exact) mass is 276 g/mol.